The molecule has 1 unspecified atom stereocenters. The summed E-state index contributed by atoms with van der Waals surface area (Å²) in [6.45, 7) is 2.72. The number of hydrogen-bond donors (Lipinski definition) is 3. The van der Waals surface area contributed by atoms with E-state index < -0.39 is 0 Å². The maximum atomic E-state index is 12.0. The Morgan fingerprint density at radius 2 is 2.09 bits per heavy atom. The van der Waals surface area contributed by atoms with Crippen molar-refractivity contribution in [3.8, 4) is 0 Å². The zero-order chi connectivity index (χ0) is 15.8. The Morgan fingerprint density at radius 3 is 2.68 bits per heavy atom. The highest BCUT2D eigenvalue weighted by Crippen LogP contribution is 2.11. The molecule has 0 aliphatic rings. The van der Waals surface area contributed by atoms with Crippen LogP contribution in [0.15, 0.2) is 36.5 Å². The van der Waals surface area contributed by atoms with E-state index in [1.54, 1.807) is 12.1 Å². The Balaban J connectivity index is 1.83. The van der Waals surface area contributed by atoms with Crippen molar-refractivity contribution >= 4 is 23.1 Å². The lowest BCUT2D eigenvalue weighted by atomic mass is 10.1. The van der Waals surface area contributed by atoms with Gasteiger partial charge in [0, 0.05) is 35.3 Å². The Morgan fingerprint density at radius 1 is 1.32 bits per heavy atom. The summed E-state index contributed by atoms with van der Waals surface area (Å²) < 4.78 is 4.07. The number of aliphatic hydroxyl groups excluding tert-OH is 1. The number of anilines is 1. The fourth-order valence-corrected chi connectivity index (χ4v) is 2.56. The van der Waals surface area contributed by atoms with Gasteiger partial charge in [0.05, 0.1) is 12.6 Å². The first-order valence-corrected chi connectivity index (χ1v) is 8.15. The number of carbonyl (C=O) groups excluding carboxylic acids is 1. The van der Waals surface area contributed by atoms with Crippen LogP contribution in [-0.2, 0) is 6.42 Å². The van der Waals surface area contributed by atoms with Crippen molar-refractivity contribution in [1.29, 1.82) is 0 Å². The van der Waals surface area contributed by atoms with Crippen LogP contribution in [0, 0.1) is 0 Å². The minimum atomic E-state index is -0.190. The van der Waals surface area contributed by atoms with Crippen LogP contribution >= 0.6 is 11.5 Å². The number of rotatable bonds is 8. The molecule has 0 aliphatic heterocycles. The zero-order valence-corrected chi connectivity index (χ0v) is 13.4. The van der Waals surface area contributed by atoms with E-state index in [9.17, 15) is 4.79 Å². The summed E-state index contributed by atoms with van der Waals surface area (Å²) in [6, 6.07) is 9.18. The summed E-state index contributed by atoms with van der Waals surface area (Å²) in [5, 5.41) is 15.2. The Labute approximate surface area is 134 Å². The van der Waals surface area contributed by atoms with Gasteiger partial charge in [-0.25, -0.2) is 4.37 Å². The molecule has 118 valence electrons. The van der Waals surface area contributed by atoms with Crippen LogP contribution in [0.1, 0.15) is 28.6 Å². The van der Waals surface area contributed by atoms with Crippen LogP contribution in [0.2, 0.25) is 0 Å². The van der Waals surface area contributed by atoms with Crippen molar-refractivity contribution in [2.24, 2.45) is 0 Å². The smallest absolute Gasteiger partial charge is 0.251 e. The van der Waals surface area contributed by atoms with Crippen molar-refractivity contribution in [3.63, 3.8) is 0 Å². The molecule has 6 heteroatoms. The number of amides is 1. The molecular weight excluding hydrogens is 298 g/mol. The van der Waals surface area contributed by atoms with E-state index in [1.807, 2.05) is 31.3 Å². The number of nitrogens with zero attached hydrogens (tertiary/aromatic N) is 1. The topological polar surface area (TPSA) is 74.2 Å². The SMILES string of the molecule is CCC(CO)NC(=O)c1ccc(NCCc2ccns2)cc1. The first kappa shape index (κ1) is 16.5. The number of nitrogens with one attached hydrogen (secondary N) is 2. The largest absolute Gasteiger partial charge is 0.394 e. The second-order valence-electron chi connectivity index (χ2n) is 4.99. The summed E-state index contributed by atoms with van der Waals surface area (Å²) in [5.41, 5.74) is 1.58. The van der Waals surface area contributed by atoms with E-state index in [4.69, 9.17) is 5.11 Å². The van der Waals surface area contributed by atoms with Crippen molar-refractivity contribution in [3.05, 3.63) is 47.0 Å². The van der Waals surface area contributed by atoms with Gasteiger partial charge in [0.15, 0.2) is 0 Å². The number of aromatic nitrogens is 1. The van der Waals surface area contributed by atoms with Crippen LogP contribution in [0.4, 0.5) is 5.69 Å². The van der Waals surface area contributed by atoms with Crippen molar-refractivity contribution in [2.45, 2.75) is 25.8 Å². The molecule has 5 nitrogen and oxygen atoms in total. The molecule has 0 aliphatic carbocycles. The molecule has 22 heavy (non-hydrogen) atoms. The van der Waals surface area contributed by atoms with Crippen molar-refractivity contribution in [1.82, 2.24) is 9.69 Å². The van der Waals surface area contributed by atoms with Gasteiger partial charge in [-0.3, -0.25) is 4.79 Å². The normalized spacial score (nSPS) is 11.9. The Kier molecular flexibility index (Phi) is 6.36. The van der Waals surface area contributed by atoms with Crippen LogP contribution in [0.25, 0.3) is 0 Å². The average molecular weight is 319 g/mol. The summed E-state index contributed by atoms with van der Waals surface area (Å²) in [7, 11) is 0. The van der Waals surface area contributed by atoms with Gasteiger partial charge in [-0.1, -0.05) is 6.92 Å². The van der Waals surface area contributed by atoms with Gasteiger partial charge in [-0.2, -0.15) is 0 Å². The maximum absolute atomic E-state index is 12.0. The highest BCUT2D eigenvalue weighted by atomic mass is 32.1. The van der Waals surface area contributed by atoms with E-state index >= 15 is 0 Å². The van der Waals surface area contributed by atoms with Crippen LogP contribution in [0.5, 0.6) is 0 Å². The maximum Gasteiger partial charge on any atom is 0.251 e. The lowest BCUT2D eigenvalue weighted by Gasteiger charge is -2.14. The molecule has 2 aromatic rings. The molecule has 1 aromatic heterocycles. The van der Waals surface area contributed by atoms with Gasteiger partial charge in [0.2, 0.25) is 0 Å². The molecule has 0 spiro atoms. The summed E-state index contributed by atoms with van der Waals surface area (Å²) in [5.74, 6) is -0.155. The Hall–Kier alpha value is -1.92. The predicted molar refractivity (Wildman–Crippen MR) is 89.4 cm³/mol. The highest BCUT2D eigenvalue weighted by molar-refractivity contribution is 7.05. The number of hydrogen-bond acceptors (Lipinski definition) is 5. The minimum absolute atomic E-state index is 0.0422. The summed E-state index contributed by atoms with van der Waals surface area (Å²) >= 11 is 1.51. The lowest BCUT2D eigenvalue weighted by Crippen LogP contribution is -2.36. The molecule has 1 atom stereocenters. The lowest BCUT2D eigenvalue weighted by molar-refractivity contribution is 0.0915. The fourth-order valence-electron chi connectivity index (χ4n) is 1.99. The third-order valence-corrected chi connectivity index (χ3v) is 4.19. The van der Waals surface area contributed by atoms with Gasteiger partial charge >= 0.3 is 0 Å². The first-order chi connectivity index (χ1) is 10.7. The van der Waals surface area contributed by atoms with Gasteiger partial charge in [-0.05, 0) is 48.3 Å². The molecular formula is C16H21N3O2S. The molecule has 1 amide bonds. The third kappa shape index (κ3) is 4.82. The van der Waals surface area contributed by atoms with Crippen LogP contribution < -0.4 is 10.6 Å². The Bertz CT molecular complexity index is 566. The molecule has 0 saturated carbocycles. The quantitative estimate of drug-likeness (QED) is 0.698. The van der Waals surface area contributed by atoms with Crippen molar-refractivity contribution < 1.29 is 9.90 Å². The minimum Gasteiger partial charge on any atom is -0.394 e. The number of benzene rings is 1. The van der Waals surface area contributed by atoms with E-state index in [-0.39, 0.29) is 18.6 Å². The van der Waals surface area contributed by atoms with E-state index in [2.05, 4.69) is 15.0 Å². The summed E-state index contributed by atoms with van der Waals surface area (Å²) in [6.07, 6.45) is 3.45. The standard InChI is InChI=1S/C16H21N3O2S/c1-2-13(11-20)19-16(21)12-3-5-14(6-4-12)17-9-7-15-8-10-18-22-15/h3-6,8,10,13,17,20H,2,7,9,11H2,1H3,(H,19,21). The van der Waals surface area contributed by atoms with E-state index in [1.165, 1.54) is 16.4 Å². The second kappa shape index (κ2) is 8.51. The number of carbonyl (C=O) groups is 1. The molecule has 0 bridgehead atoms. The van der Waals surface area contributed by atoms with Gasteiger partial charge in [0.25, 0.3) is 5.91 Å². The molecule has 3 N–H and O–H groups in total. The monoisotopic (exact) mass is 319 g/mol. The van der Waals surface area contributed by atoms with Gasteiger partial charge < -0.3 is 15.7 Å². The van der Waals surface area contributed by atoms with Gasteiger partial charge in [-0.15, -0.1) is 0 Å². The fraction of sp³-hybridized carbons (Fsp3) is 0.375. The molecule has 1 aromatic carbocycles. The first-order valence-electron chi connectivity index (χ1n) is 7.38. The van der Waals surface area contributed by atoms with Crippen LogP contribution in [-0.4, -0.2) is 34.6 Å². The molecule has 0 saturated heterocycles. The molecule has 0 fully saturated rings. The average Bonchev–Trinajstić information content (AvgIpc) is 3.06. The third-order valence-electron chi connectivity index (χ3n) is 3.39. The number of aliphatic hydroxyl groups is 1. The highest BCUT2D eigenvalue weighted by Gasteiger charge is 2.10. The zero-order valence-electron chi connectivity index (χ0n) is 12.6. The van der Waals surface area contributed by atoms with Gasteiger partial charge in [0.1, 0.15) is 0 Å². The van der Waals surface area contributed by atoms with E-state index in [0.717, 1.165) is 18.7 Å². The van der Waals surface area contributed by atoms with Crippen LogP contribution in [0.3, 0.4) is 0 Å². The molecule has 1 heterocycles. The second-order valence-corrected chi connectivity index (χ2v) is 5.91. The van der Waals surface area contributed by atoms with E-state index in [0.29, 0.717) is 12.0 Å². The molecule has 2 rings (SSSR count). The molecule has 0 radical (unpaired) electrons. The van der Waals surface area contributed by atoms with Crippen molar-refractivity contribution in [2.75, 3.05) is 18.5 Å². The predicted octanol–water partition coefficient (Wildman–Crippen LogP) is 2.30. The summed E-state index contributed by atoms with van der Waals surface area (Å²) in [4.78, 5) is 13.3.